The summed E-state index contributed by atoms with van der Waals surface area (Å²) in [7, 11) is -2.34. The molecule has 6 rings (SSSR count). The minimum absolute atomic E-state index is 0.0157. The van der Waals surface area contributed by atoms with Crippen LogP contribution in [0.2, 0.25) is 0 Å². The zero-order chi connectivity index (χ0) is 31.2. The molecule has 4 aliphatic rings. The molecule has 2 aromatic carbocycles. The summed E-state index contributed by atoms with van der Waals surface area (Å²) in [6.07, 6.45) is -0.382. The molecule has 44 heavy (non-hydrogen) atoms. The summed E-state index contributed by atoms with van der Waals surface area (Å²) in [5.41, 5.74) is 2.10. The molecule has 1 saturated carbocycles. The SMILES string of the molecule is CC(C)CN(C[C@@H](O)[C@@H](CC(=O)OC1C2COC3OC[C@H]1CC32)Cc1ccccc1)S(=O)(=O)c1ccc2c(c1)CN(C)C2=O. The molecule has 1 N–H and O–H groups in total. The van der Waals surface area contributed by atoms with Crippen LogP contribution in [0.25, 0.3) is 0 Å². The second-order valence-corrected chi connectivity index (χ2v) is 15.2. The van der Waals surface area contributed by atoms with Crippen molar-refractivity contribution in [2.45, 2.75) is 63.0 Å². The van der Waals surface area contributed by atoms with Gasteiger partial charge in [-0.15, -0.1) is 0 Å². The zero-order valence-corrected chi connectivity index (χ0v) is 26.3. The van der Waals surface area contributed by atoms with Gasteiger partial charge in [0.05, 0.1) is 30.6 Å². The Morgan fingerprint density at radius 3 is 2.59 bits per heavy atom. The van der Waals surface area contributed by atoms with Gasteiger partial charge in [-0.2, -0.15) is 4.31 Å². The number of ether oxygens (including phenoxy) is 3. The molecule has 10 nitrogen and oxygen atoms in total. The Morgan fingerprint density at radius 1 is 1.09 bits per heavy atom. The van der Waals surface area contributed by atoms with E-state index in [1.807, 2.05) is 44.2 Å². The fourth-order valence-electron chi connectivity index (χ4n) is 7.31. The number of aliphatic hydroxyl groups excluding tert-OH is 1. The Labute approximate surface area is 259 Å². The lowest BCUT2D eigenvalue weighted by atomic mass is 9.90. The van der Waals surface area contributed by atoms with E-state index in [-0.39, 0.29) is 66.4 Å². The predicted octanol–water partition coefficient (Wildman–Crippen LogP) is 3.08. The molecule has 11 heteroatoms. The van der Waals surface area contributed by atoms with E-state index in [0.29, 0.717) is 37.3 Å². The first-order valence-electron chi connectivity index (χ1n) is 15.5. The first kappa shape index (κ1) is 31.2. The van der Waals surface area contributed by atoms with E-state index in [4.69, 9.17) is 14.2 Å². The number of nitrogens with zero attached hydrogens (tertiary/aromatic N) is 2. The summed E-state index contributed by atoms with van der Waals surface area (Å²) in [5, 5.41) is 11.6. The fourth-order valence-corrected chi connectivity index (χ4v) is 8.98. The van der Waals surface area contributed by atoms with Gasteiger partial charge in [0, 0.05) is 55.9 Å². The number of aliphatic hydroxyl groups is 1. The van der Waals surface area contributed by atoms with E-state index in [0.717, 1.165) is 12.0 Å². The van der Waals surface area contributed by atoms with Gasteiger partial charge in [0.2, 0.25) is 10.0 Å². The summed E-state index contributed by atoms with van der Waals surface area (Å²) >= 11 is 0. The molecule has 0 aromatic heterocycles. The number of amides is 1. The number of hydrogen-bond acceptors (Lipinski definition) is 8. The largest absolute Gasteiger partial charge is 0.462 e. The van der Waals surface area contributed by atoms with Crippen LogP contribution in [0.5, 0.6) is 0 Å². The molecular formula is C33H42N2O8S. The maximum atomic E-state index is 14.0. The lowest BCUT2D eigenvalue weighted by Gasteiger charge is -2.31. The molecule has 3 fully saturated rings. The Balaban J connectivity index is 1.21. The van der Waals surface area contributed by atoms with Crippen molar-refractivity contribution in [2.24, 2.45) is 29.6 Å². The Bertz CT molecular complexity index is 1480. The van der Waals surface area contributed by atoms with Crippen LogP contribution in [0, 0.1) is 29.6 Å². The minimum Gasteiger partial charge on any atom is -0.462 e. The lowest BCUT2D eigenvalue weighted by Crippen LogP contribution is -2.43. The van der Waals surface area contributed by atoms with Crippen molar-refractivity contribution in [1.29, 1.82) is 0 Å². The van der Waals surface area contributed by atoms with Gasteiger partial charge < -0.3 is 24.2 Å². The average molecular weight is 627 g/mol. The molecular weight excluding hydrogens is 584 g/mol. The Morgan fingerprint density at radius 2 is 1.84 bits per heavy atom. The van der Waals surface area contributed by atoms with Gasteiger partial charge in [-0.1, -0.05) is 44.2 Å². The van der Waals surface area contributed by atoms with E-state index < -0.39 is 28.0 Å². The van der Waals surface area contributed by atoms with Gasteiger partial charge in [-0.3, -0.25) is 9.59 Å². The van der Waals surface area contributed by atoms with Crippen LogP contribution in [-0.2, 0) is 42.0 Å². The maximum Gasteiger partial charge on any atom is 0.306 e. The lowest BCUT2D eigenvalue weighted by molar-refractivity contribution is -0.178. The number of carbonyl (C=O) groups excluding carboxylic acids is 2. The van der Waals surface area contributed by atoms with E-state index in [1.54, 1.807) is 24.1 Å². The van der Waals surface area contributed by atoms with Gasteiger partial charge in [0.25, 0.3) is 5.91 Å². The fraction of sp³-hybridized carbons (Fsp3) is 0.576. The van der Waals surface area contributed by atoms with Crippen molar-refractivity contribution < 1.29 is 37.3 Å². The number of fused-ring (bicyclic) bond motifs is 2. The number of rotatable bonds is 12. The number of benzene rings is 2. The number of hydrogen-bond donors (Lipinski definition) is 1. The van der Waals surface area contributed by atoms with Gasteiger partial charge in [-0.05, 0) is 48.1 Å². The molecule has 4 unspecified atom stereocenters. The average Bonchev–Trinajstić information content (AvgIpc) is 3.62. The predicted molar refractivity (Wildman–Crippen MR) is 161 cm³/mol. The van der Waals surface area contributed by atoms with E-state index in [2.05, 4.69) is 0 Å². The molecule has 2 aromatic rings. The maximum absolute atomic E-state index is 14.0. The van der Waals surface area contributed by atoms with Crippen LogP contribution in [0.4, 0.5) is 0 Å². The van der Waals surface area contributed by atoms with Crippen molar-refractivity contribution in [2.75, 3.05) is 33.4 Å². The van der Waals surface area contributed by atoms with E-state index in [9.17, 15) is 23.1 Å². The standard InChI is InChI=1S/C33H42N2O8S/c1-20(2)15-35(44(39,40)25-9-10-26-23(12-25)16-34(3)32(26)38)17-29(36)22(11-21-7-5-4-6-8-21)14-30(37)43-31-24-13-27-28(31)19-42-33(27)41-18-24/h4-10,12,20,22,24,27-29,31,33,36H,11,13-19H2,1-3H3/t22-,24-,27?,28?,29-,31?,33?/m1/s1. The van der Waals surface area contributed by atoms with Crippen LogP contribution in [0.1, 0.15) is 48.2 Å². The van der Waals surface area contributed by atoms with E-state index >= 15 is 0 Å². The molecule has 1 aliphatic carbocycles. The smallest absolute Gasteiger partial charge is 0.306 e. The molecule has 2 bridgehead atoms. The summed E-state index contributed by atoms with van der Waals surface area (Å²) < 4.78 is 46.9. The Hall–Kier alpha value is -2.83. The third-order valence-corrected chi connectivity index (χ3v) is 11.4. The highest BCUT2D eigenvalue weighted by molar-refractivity contribution is 7.89. The summed E-state index contributed by atoms with van der Waals surface area (Å²) in [5.74, 6) is -0.642. The van der Waals surface area contributed by atoms with Crippen LogP contribution in [-0.4, -0.2) is 86.5 Å². The van der Waals surface area contributed by atoms with Crippen LogP contribution in [0.15, 0.2) is 53.4 Å². The van der Waals surface area contributed by atoms with Crippen molar-refractivity contribution >= 4 is 21.9 Å². The zero-order valence-electron chi connectivity index (χ0n) is 25.5. The first-order valence-corrected chi connectivity index (χ1v) is 17.0. The molecule has 3 aliphatic heterocycles. The van der Waals surface area contributed by atoms with Crippen molar-refractivity contribution in [3.8, 4) is 0 Å². The van der Waals surface area contributed by atoms with Crippen LogP contribution < -0.4 is 0 Å². The highest BCUT2D eigenvalue weighted by atomic mass is 32.2. The van der Waals surface area contributed by atoms with Crippen LogP contribution >= 0.6 is 0 Å². The van der Waals surface area contributed by atoms with Gasteiger partial charge >= 0.3 is 5.97 Å². The third-order valence-electron chi connectivity index (χ3n) is 9.53. The highest BCUT2D eigenvalue weighted by Crippen LogP contribution is 2.49. The summed E-state index contributed by atoms with van der Waals surface area (Å²) in [6, 6.07) is 14.2. The number of esters is 1. The monoisotopic (exact) mass is 626 g/mol. The molecule has 7 atom stereocenters. The molecule has 3 heterocycles. The van der Waals surface area contributed by atoms with E-state index in [1.165, 1.54) is 10.4 Å². The van der Waals surface area contributed by atoms with Gasteiger partial charge in [0.1, 0.15) is 6.10 Å². The second-order valence-electron chi connectivity index (χ2n) is 13.2. The van der Waals surface area contributed by atoms with Crippen molar-refractivity contribution in [1.82, 2.24) is 9.21 Å². The molecule has 0 spiro atoms. The van der Waals surface area contributed by atoms with Crippen molar-refractivity contribution in [3.05, 3.63) is 65.2 Å². The minimum atomic E-state index is -4.02. The molecule has 1 amide bonds. The van der Waals surface area contributed by atoms with Gasteiger partial charge in [-0.25, -0.2) is 8.42 Å². The number of sulfonamides is 1. The summed E-state index contributed by atoms with van der Waals surface area (Å²) in [6.45, 7) is 5.20. The third kappa shape index (κ3) is 6.17. The quantitative estimate of drug-likeness (QED) is 0.357. The highest BCUT2D eigenvalue weighted by Gasteiger charge is 2.56. The van der Waals surface area contributed by atoms with Crippen molar-refractivity contribution in [3.63, 3.8) is 0 Å². The Kier molecular flexibility index (Phi) is 8.87. The van der Waals surface area contributed by atoms with Gasteiger partial charge in [0.15, 0.2) is 6.29 Å². The normalized spacial score (nSPS) is 27.2. The summed E-state index contributed by atoms with van der Waals surface area (Å²) in [4.78, 5) is 27.4. The topological polar surface area (TPSA) is 123 Å². The molecule has 238 valence electrons. The number of carbonyl (C=O) groups is 2. The van der Waals surface area contributed by atoms with Crippen LogP contribution in [0.3, 0.4) is 0 Å². The molecule has 0 radical (unpaired) electrons. The molecule has 2 saturated heterocycles. The first-order chi connectivity index (χ1) is 21.0. The second kappa shape index (κ2) is 12.5.